The number of nitrogens with zero attached hydrogens (tertiary/aromatic N) is 3. The van der Waals surface area contributed by atoms with Gasteiger partial charge < -0.3 is 19.5 Å². The first kappa shape index (κ1) is 20.2. The highest BCUT2D eigenvalue weighted by Crippen LogP contribution is 2.23. The standard InChI is InChI=1S/C24H27N3O3/c28-20(18-26-14-16-27(17-15-26)24-8-4-5-13-25-24)19-29-21-9-11-23(12-10-21)30-22-6-2-1-3-7-22/h1-13,20,28H,14-19H2. The van der Waals surface area contributed by atoms with Crippen molar-refractivity contribution in [3.63, 3.8) is 0 Å². The molecule has 0 saturated carbocycles. The predicted molar refractivity (Wildman–Crippen MR) is 117 cm³/mol. The molecule has 30 heavy (non-hydrogen) atoms. The average molecular weight is 405 g/mol. The molecule has 0 spiro atoms. The fourth-order valence-electron chi connectivity index (χ4n) is 3.47. The van der Waals surface area contributed by atoms with Gasteiger partial charge in [-0.2, -0.15) is 0 Å². The molecule has 6 heteroatoms. The number of hydrogen-bond donors (Lipinski definition) is 1. The second-order valence-electron chi connectivity index (χ2n) is 7.33. The van der Waals surface area contributed by atoms with Gasteiger partial charge in [0.1, 0.15) is 35.8 Å². The van der Waals surface area contributed by atoms with Gasteiger partial charge in [0.25, 0.3) is 0 Å². The molecule has 0 bridgehead atoms. The molecule has 1 fully saturated rings. The van der Waals surface area contributed by atoms with Crippen LogP contribution in [0.3, 0.4) is 0 Å². The smallest absolute Gasteiger partial charge is 0.128 e. The zero-order valence-corrected chi connectivity index (χ0v) is 16.9. The highest BCUT2D eigenvalue weighted by atomic mass is 16.5. The lowest BCUT2D eigenvalue weighted by atomic mass is 10.2. The zero-order valence-electron chi connectivity index (χ0n) is 16.9. The Hall–Kier alpha value is -3.09. The van der Waals surface area contributed by atoms with Crippen molar-refractivity contribution in [3.8, 4) is 17.2 Å². The largest absolute Gasteiger partial charge is 0.491 e. The number of ether oxygens (including phenoxy) is 2. The first-order chi connectivity index (χ1) is 14.8. The molecule has 1 saturated heterocycles. The van der Waals surface area contributed by atoms with Crippen molar-refractivity contribution in [1.29, 1.82) is 0 Å². The average Bonchev–Trinajstić information content (AvgIpc) is 2.80. The van der Waals surface area contributed by atoms with E-state index in [2.05, 4.69) is 14.8 Å². The summed E-state index contributed by atoms with van der Waals surface area (Å²) in [4.78, 5) is 8.95. The third kappa shape index (κ3) is 5.72. The van der Waals surface area contributed by atoms with Crippen molar-refractivity contribution in [3.05, 3.63) is 79.0 Å². The van der Waals surface area contributed by atoms with E-state index in [9.17, 15) is 5.11 Å². The Morgan fingerprint density at radius 1 is 0.800 bits per heavy atom. The number of anilines is 1. The maximum absolute atomic E-state index is 10.4. The number of rotatable bonds is 8. The number of pyridine rings is 1. The van der Waals surface area contributed by atoms with Crippen LogP contribution >= 0.6 is 0 Å². The number of hydrogen-bond acceptors (Lipinski definition) is 6. The normalized spacial score (nSPS) is 15.6. The molecule has 2 heterocycles. The summed E-state index contributed by atoms with van der Waals surface area (Å²) in [5.74, 6) is 3.28. The van der Waals surface area contributed by atoms with Gasteiger partial charge in [-0.1, -0.05) is 24.3 Å². The van der Waals surface area contributed by atoms with Crippen molar-refractivity contribution in [2.75, 3.05) is 44.2 Å². The van der Waals surface area contributed by atoms with Gasteiger partial charge in [0.15, 0.2) is 0 Å². The Kier molecular flexibility index (Phi) is 6.79. The highest BCUT2D eigenvalue weighted by molar-refractivity contribution is 5.38. The fourth-order valence-corrected chi connectivity index (χ4v) is 3.47. The van der Waals surface area contributed by atoms with E-state index in [4.69, 9.17) is 9.47 Å². The second kappa shape index (κ2) is 10.1. The van der Waals surface area contributed by atoms with Crippen LogP contribution in [-0.2, 0) is 0 Å². The van der Waals surface area contributed by atoms with E-state index in [0.29, 0.717) is 6.54 Å². The molecule has 6 nitrogen and oxygen atoms in total. The second-order valence-corrected chi connectivity index (χ2v) is 7.33. The van der Waals surface area contributed by atoms with Crippen molar-refractivity contribution < 1.29 is 14.6 Å². The quantitative estimate of drug-likeness (QED) is 0.620. The Morgan fingerprint density at radius 2 is 1.47 bits per heavy atom. The summed E-state index contributed by atoms with van der Waals surface area (Å²) in [5.41, 5.74) is 0. The van der Waals surface area contributed by atoms with Gasteiger partial charge in [-0.05, 0) is 48.5 Å². The van der Waals surface area contributed by atoms with E-state index in [-0.39, 0.29) is 6.61 Å². The lowest BCUT2D eigenvalue weighted by Gasteiger charge is -2.36. The van der Waals surface area contributed by atoms with Crippen LogP contribution in [0.4, 0.5) is 5.82 Å². The SMILES string of the molecule is OC(COc1ccc(Oc2ccccc2)cc1)CN1CCN(c2ccccn2)CC1. The van der Waals surface area contributed by atoms with Gasteiger partial charge in [-0.25, -0.2) is 4.98 Å². The van der Waals surface area contributed by atoms with Crippen LogP contribution in [0.2, 0.25) is 0 Å². The maximum atomic E-state index is 10.4. The Balaban J connectivity index is 1.18. The van der Waals surface area contributed by atoms with Crippen LogP contribution in [0.1, 0.15) is 0 Å². The Labute approximate surface area is 177 Å². The topological polar surface area (TPSA) is 58.1 Å². The summed E-state index contributed by atoms with van der Waals surface area (Å²) < 4.78 is 11.5. The summed E-state index contributed by atoms with van der Waals surface area (Å²) in [6, 6.07) is 23.1. The molecule has 0 amide bonds. The molecule has 1 aromatic heterocycles. The molecule has 0 aliphatic carbocycles. The third-order valence-corrected chi connectivity index (χ3v) is 5.06. The first-order valence-corrected chi connectivity index (χ1v) is 10.3. The van der Waals surface area contributed by atoms with Crippen LogP contribution in [0, 0.1) is 0 Å². The molecular formula is C24H27N3O3. The zero-order chi connectivity index (χ0) is 20.6. The molecule has 1 aliphatic rings. The molecule has 1 unspecified atom stereocenters. The molecule has 1 atom stereocenters. The van der Waals surface area contributed by atoms with E-state index >= 15 is 0 Å². The molecular weight excluding hydrogens is 378 g/mol. The maximum Gasteiger partial charge on any atom is 0.128 e. The molecule has 4 rings (SSSR count). The van der Waals surface area contributed by atoms with Gasteiger partial charge in [-0.3, -0.25) is 4.90 Å². The number of para-hydroxylation sites is 1. The molecule has 1 aliphatic heterocycles. The Bertz CT molecular complexity index is 883. The van der Waals surface area contributed by atoms with E-state index in [0.717, 1.165) is 49.2 Å². The van der Waals surface area contributed by atoms with Crippen LogP contribution in [-0.4, -0.2) is 60.4 Å². The number of aliphatic hydroxyl groups is 1. The van der Waals surface area contributed by atoms with Gasteiger partial charge in [0.05, 0.1) is 0 Å². The summed E-state index contributed by atoms with van der Waals surface area (Å²) in [6.45, 7) is 4.49. The number of aromatic nitrogens is 1. The van der Waals surface area contributed by atoms with Crippen LogP contribution in [0.5, 0.6) is 17.2 Å². The van der Waals surface area contributed by atoms with Crippen molar-refractivity contribution >= 4 is 5.82 Å². The molecule has 0 radical (unpaired) electrons. The summed E-state index contributed by atoms with van der Waals surface area (Å²) in [7, 11) is 0. The van der Waals surface area contributed by atoms with E-state index in [1.807, 2.05) is 79.0 Å². The molecule has 2 aromatic carbocycles. The van der Waals surface area contributed by atoms with Crippen molar-refractivity contribution in [1.82, 2.24) is 9.88 Å². The monoisotopic (exact) mass is 405 g/mol. The number of β-amino-alcohol motifs (C(OH)–C–C–N with tert-alkyl or cyclic N) is 1. The number of aliphatic hydroxyl groups excluding tert-OH is 1. The molecule has 1 N–H and O–H groups in total. The third-order valence-electron chi connectivity index (χ3n) is 5.06. The van der Waals surface area contributed by atoms with Crippen LogP contribution in [0.15, 0.2) is 79.0 Å². The summed E-state index contributed by atoms with van der Waals surface area (Å²) >= 11 is 0. The Morgan fingerprint density at radius 3 is 2.17 bits per heavy atom. The molecule has 3 aromatic rings. The lowest BCUT2D eigenvalue weighted by Crippen LogP contribution is -2.49. The number of piperazine rings is 1. The van der Waals surface area contributed by atoms with Crippen molar-refractivity contribution in [2.45, 2.75) is 6.10 Å². The predicted octanol–water partition coefficient (Wildman–Crippen LogP) is 3.44. The number of benzene rings is 2. The van der Waals surface area contributed by atoms with Crippen LogP contribution < -0.4 is 14.4 Å². The van der Waals surface area contributed by atoms with Crippen molar-refractivity contribution in [2.24, 2.45) is 0 Å². The minimum Gasteiger partial charge on any atom is -0.491 e. The molecule has 156 valence electrons. The lowest BCUT2D eigenvalue weighted by molar-refractivity contribution is 0.0662. The van der Waals surface area contributed by atoms with Crippen LogP contribution in [0.25, 0.3) is 0 Å². The minimum atomic E-state index is -0.536. The van der Waals surface area contributed by atoms with Gasteiger partial charge in [-0.15, -0.1) is 0 Å². The minimum absolute atomic E-state index is 0.263. The van der Waals surface area contributed by atoms with E-state index < -0.39 is 6.10 Å². The van der Waals surface area contributed by atoms with Gasteiger partial charge in [0, 0.05) is 38.9 Å². The van der Waals surface area contributed by atoms with Gasteiger partial charge >= 0.3 is 0 Å². The van der Waals surface area contributed by atoms with Gasteiger partial charge in [0.2, 0.25) is 0 Å². The van der Waals surface area contributed by atoms with E-state index in [1.165, 1.54) is 0 Å². The summed E-state index contributed by atoms with van der Waals surface area (Å²) in [6.07, 6.45) is 1.29. The van der Waals surface area contributed by atoms with E-state index in [1.54, 1.807) is 0 Å². The first-order valence-electron chi connectivity index (χ1n) is 10.3. The summed E-state index contributed by atoms with van der Waals surface area (Å²) in [5, 5.41) is 10.4. The highest BCUT2D eigenvalue weighted by Gasteiger charge is 2.20. The fraction of sp³-hybridized carbons (Fsp3) is 0.292.